The summed E-state index contributed by atoms with van der Waals surface area (Å²) < 4.78 is 5.27. The summed E-state index contributed by atoms with van der Waals surface area (Å²) in [5, 5.41) is 1.10. The number of rotatable bonds is 7. The minimum atomic E-state index is -0.290. The number of methoxy groups -OCH3 is 1. The number of amides is 2. The van der Waals surface area contributed by atoms with Crippen molar-refractivity contribution in [3.63, 3.8) is 0 Å². The Bertz CT molecular complexity index is 1390. The van der Waals surface area contributed by atoms with E-state index < -0.39 is 0 Å². The molecule has 1 N–H and O–H groups in total. The number of nitrogens with one attached hydrogen (secondary N) is 1. The molecular formula is C28H25N3O3. The Balaban J connectivity index is 1.50. The van der Waals surface area contributed by atoms with Gasteiger partial charge in [-0.2, -0.15) is 0 Å². The number of H-pyrrole nitrogens is 1. The summed E-state index contributed by atoms with van der Waals surface area (Å²) in [6.45, 7) is 0.297. The average Bonchev–Trinajstić information content (AvgIpc) is 3.40. The van der Waals surface area contributed by atoms with Crippen molar-refractivity contribution < 1.29 is 14.3 Å². The second-order valence-electron chi connectivity index (χ2n) is 8.22. The maximum Gasteiger partial charge on any atom is 0.278 e. The van der Waals surface area contributed by atoms with Crippen LogP contribution < -0.4 is 9.64 Å². The number of para-hydroxylation sites is 2. The van der Waals surface area contributed by atoms with Gasteiger partial charge in [0.2, 0.25) is 0 Å². The van der Waals surface area contributed by atoms with Gasteiger partial charge in [-0.15, -0.1) is 0 Å². The van der Waals surface area contributed by atoms with Crippen LogP contribution in [0.1, 0.15) is 11.1 Å². The quantitative estimate of drug-likeness (QED) is 0.416. The Kier molecular flexibility index (Phi) is 5.64. The predicted molar refractivity (Wildman–Crippen MR) is 133 cm³/mol. The third-order valence-corrected chi connectivity index (χ3v) is 6.28. The number of ether oxygens (including phenoxy) is 1. The molecule has 0 fully saturated rings. The number of carbonyl (C=O) groups excluding carboxylic acids is 2. The smallest absolute Gasteiger partial charge is 0.278 e. The third-order valence-electron chi connectivity index (χ3n) is 6.28. The molecule has 6 nitrogen and oxygen atoms in total. The van der Waals surface area contributed by atoms with Crippen molar-refractivity contribution in [1.29, 1.82) is 0 Å². The van der Waals surface area contributed by atoms with Crippen molar-refractivity contribution in [3.05, 3.63) is 102 Å². The van der Waals surface area contributed by atoms with Crippen molar-refractivity contribution in [1.82, 2.24) is 9.88 Å². The first-order valence-electron chi connectivity index (χ1n) is 11.2. The van der Waals surface area contributed by atoms with Gasteiger partial charge >= 0.3 is 0 Å². The lowest BCUT2D eigenvalue weighted by molar-refractivity contribution is -0.136. The van der Waals surface area contributed by atoms with E-state index in [0.717, 1.165) is 22.2 Å². The molecule has 0 bridgehead atoms. The Morgan fingerprint density at radius 1 is 0.882 bits per heavy atom. The number of benzene rings is 3. The van der Waals surface area contributed by atoms with E-state index in [1.807, 2.05) is 80.0 Å². The van der Waals surface area contributed by atoms with Crippen molar-refractivity contribution >= 4 is 34.0 Å². The first-order valence-corrected chi connectivity index (χ1v) is 11.2. The molecule has 170 valence electrons. The molecule has 0 aliphatic carbocycles. The molecule has 5 rings (SSSR count). The van der Waals surface area contributed by atoms with Gasteiger partial charge in [-0.1, -0.05) is 48.5 Å². The second kappa shape index (κ2) is 8.90. The van der Waals surface area contributed by atoms with E-state index in [1.165, 1.54) is 4.90 Å². The summed E-state index contributed by atoms with van der Waals surface area (Å²) in [6, 6.07) is 24.9. The molecular weight excluding hydrogens is 426 g/mol. The lowest BCUT2D eigenvalue weighted by Crippen LogP contribution is -2.35. The van der Waals surface area contributed by atoms with Crippen molar-refractivity contribution in [2.24, 2.45) is 0 Å². The van der Waals surface area contributed by atoms with E-state index >= 15 is 0 Å². The molecule has 3 aromatic carbocycles. The fourth-order valence-electron chi connectivity index (χ4n) is 4.45. The van der Waals surface area contributed by atoms with E-state index in [0.29, 0.717) is 35.5 Å². The number of nitrogens with zero attached hydrogens (tertiary/aromatic N) is 2. The van der Waals surface area contributed by atoms with Gasteiger partial charge in [0, 0.05) is 36.4 Å². The van der Waals surface area contributed by atoms with Gasteiger partial charge in [-0.3, -0.25) is 14.5 Å². The first-order chi connectivity index (χ1) is 16.6. The van der Waals surface area contributed by atoms with Gasteiger partial charge in [-0.05, 0) is 47.9 Å². The molecule has 0 spiro atoms. The zero-order valence-corrected chi connectivity index (χ0v) is 19.1. The normalized spacial score (nSPS) is 13.8. The number of aromatic amines is 1. The highest BCUT2D eigenvalue weighted by atomic mass is 16.5. The van der Waals surface area contributed by atoms with Crippen molar-refractivity contribution in [2.75, 3.05) is 25.6 Å². The fourth-order valence-corrected chi connectivity index (χ4v) is 4.45. The maximum absolute atomic E-state index is 13.6. The van der Waals surface area contributed by atoms with Crippen LogP contribution in [0.15, 0.2) is 90.8 Å². The number of imide groups is 1. The number of likely N-dealkylation sites (N-methyl/N-ethyl adjacent to an activating group) is 1. The molecule has 0 radical (unpaired) electrons. The highest BCUT2D eigenvalue weighted by Gasteiger charge is 2.40. The summed E-state index contributed by atoms with van der Waals surface area (Å²) in [5.41, 5.74) is 4.41. The Hall–Kier alpha value is -4.32. The lowest BCUT2D eigenvalue weighted by Gasteiger charge is -2.21. The van der Waals surface area contributed by atoms with Gasteiger partial charge in [0.25, 0.3) is 11.8 Å². The molecule has 6 heteroatoms. The zero-order valence-electron chi connectivity index (χ0n) is 19.1. The zero-order chi connectivity index (χ0) is 23.7. The summed E-state index contributed by atoms with van der Waals surface area (Å²) in [4.78, 5) is 33.7. The number of hydrogen-bond donors (Lipinski definition) is 1. The predicted octanol–water partition coefficient (Wildman–Crippen LogP) is 4.64. The van der Waals surface area contributed by atoms with E-state index in [2.05, 4.69) is 4.98 Å². The van der Waals surface area contributed by atoms with Crippen LogP contribution in [0.3, 0.4) is 0 Å². The molecule has 0 unspecified atom stereocenters. The Morgan fingerprint density at radius 3 is 2.32 bits per heavy atom. The van der Waals surface area contributed by atoms with Gasteiger partial charge in [-0.25, -0.2) is 0 Å². The summed E-state index contributed by atoms with van der Waals surface area (Å²) in [6.07, 6.45) is 2.52. The minimum absolute atomic E-state index is 0.284. The summed E-state index contributed by atoms with van der Waals surface area (Å²) >= 11 is 0. The second-order valence-corrected chi connectivity index (χ2v) is 8.22. The lowest BCUT2D eigenvalue weighted by atomic mass is 10.0. The SMILES string of the molecule is COc1ccc(C2=C(N(C)c3ccccc3)C(=O)N(CCc3c[nH]c4ccccc34)C2=O)cc1. The van der Waals surface area contributed by atoms with Crippen LogP contribution in [0.4, 0.5) is 5.69 Å². The molecule has 1 aliphatic heterocycles. The molecule has 0 saturated heterocycles. The number of aromatic nitrogens is 1. The summed E-state index contributed by atoms with van der Waals surface area (Å²) in [7, 11) is 3.42. The molecule has 2 amide bonds. The Morgan fingerprint density at radius 2 is 1.59 bits per heavy atom. The van der Waals surface area contributed by atoms with E-state index in [1.54, 1.807) is 24.1 Å². The van der Waals surface area contributed by atoms with Crippen LogP contribution in [0.5, 0.6) is 5.75 Å². The molecule has 34 heavy (non-hydrogen) atoms. The Labute approximate surface area is 198 Å². The third kappa shape index (κ3) is 3.73. The van der Waals surface area contributed by atoms with Gasteiger partial charge in [0.15, 0.2) is 0 Å². The number of anilines is 1. The molecule has 0 saturated carbocycles. The largest absolute Gasteiger partial charge is 0.497 e. The molecule has 1 aromatic heterocycles. The monoisotopic (exact) mass is 451 g/mol. The van der Waals surface area contributed by atoms with Crippen LogP contribution in [0.25, 0.3) is 16.5 Å². The van der Waals surface area contributed by atoms with Crippen LogP contribution in [0.2, 0.25) is 0 Å². The van der Waals surface area contributed by atoms with Crippen LogP contribution in [0, 0.1) is 0 Å². The molecule has 4 aromatic rings. The molecule has 2 heterocycles. The van der Waals surface area contributed by atoms with Gasteiger partial charge in [0.05, 0.1) is 12.7 Å². The standard InChI is InChI=1S/C28H25N3O3/c1-30(21-8-4-3-5-9-21)26-25(19-12-14-22(34-2)15-13-19)27(32)31(28(26)33)17-16-20-18-29-24-11-7-6-10-23(20)24/h3-15,18,29H,16-17H2,1-2H3. The van der Waals surface area contributed by atoms with Crippen LogP contribution in [-0.4, -0.2) is 42.4 Å². The van der Waals surface area contributed by atoms with Gasteiger partial charge < -0.3 is 14.6 Å². The van der Waals surface area contributed by atoms with Gasteiger partial charge in [0.1, 0.15) is 11.4 Å². The topological polar surface area (TPSA) is 65.6 Å². The van der Waals surface area contributed by atoms with Crippen LogP contribution in [-0.2, 0) is 16.0 Å². The maximum atomic E-state index is 13.6. The number of carbonyl (C=O) groups is 2. The molecule has 1 aliphatic rings. The van der Waals surface area contributed by atoms with Crippen molar-refractivity contribution in [3.8, 4) is 5.75 Å². The first kappa shape index (κ1) is 21.5. The number of fused-ring (bicyclic) bond motifs is 1. The van der Waals surface area contributed by atoms with E-state index in [9.17, 15) is 9.59 Å². The highest BCUT2D eigenvalue weighted by Crippen LogP contribution is 2.34. The van der Waals surface area contributed by atoms with E-state index in [4.69, 9.17) is 4.74 Å². The van der Waals surface area contributed by atoms with Crippen molar-refractivity contribution in [2.45, 2.75) is 6.42 Å². The number of hydrogen-bond acceptors (Lipinski definition) is 4. The minimum Gasteiger partial charge on any atom is -0.497 e. The fraction of sp³-hybridized carbons (Fsp3) is 0.143. The summed E-state index contributed by atoms with van der Waals surface area (Å²) in [5.74, 6) is 0.116. The molecule has 0 atom stereocenters. The van der Waals surface area contributed by atoms with E-state index in [-0.39, 0.29) is 11.8 Å². The average molecular weight is 452 g/mol. The highest BCUT2D eigenvalue weighted by molar-refractivity contribution is 6.36. The van der Waals surface area contributed by atoms with Crippen LogP contribution >= 0.6 is 0 Å².